The van der Waals surface area contributed by atoms with Crippen LogP contribution < -0.4 is 0 Å². The number of aromatic nitrogens is 3. The van der Waals surface area contributed by atoms with E-state index < -0.39 is 0 Å². The molecule has 0 N–H and O–H groups in total. The van der Waals surface area contributed by atoms with Crippen molar-refractivity contribution in [3.63, 3.8) is 0 Å². The van der Waals surface area contributed by atoms with Crippen molar-refractivity contribution < 1.29 is 4.52 Å². The average Bonchev–Trinajstić information content (AvgIpc) is 3.18. The van der Waals surface area contributed by atoms with Gasteiger partial charge in [-0.15, -0.1) is 0 Å². The maximum absolute atomic E-state index is 5.39. The average molecular weight is 314 g/mol. The summed E-state index contributed by atoms with van der Waals surface area (Å²) in [6, 6.07) is 8.31. The normalized spacial score (nSPS) is 11.5. The molecule has 3 aromatic rings. The summed E-state index contributed by atoms with van der Waals surface area (Å²) in [4.78, 5) is 11.1. The summed E-state index contributed by atoms with van der Waals surface area (Å²) < 4.78 is 5.39. The van der Waals surface area contributed by atoms with Crippen molar-refractivity contribution in [2.24, 2.45) is 0 Å². The van der Waals surface area contributed by atoms with Crippen molar-refractivity contribution >= 4 is 11.3 Å². The van der Waals surface area contributed by atoms with Gasteiger partial charge in [-0.05, 0) is 37.4 Å². The second-order valence-corrected chi connectivity index (χ2v) is 6.12. The monoisotopic (exact) mass is 314 g/mol. The smallest absolute Gasteiger partial charge is 0.241 e. The van der Waals surface area contributed by atoms with Crippen LogP contribution in [0, 0.1) is 0 Å². The SMILES string of the molecule is CC(C)N(Cc1ccccn1)Cc1nc(-c2ccsc2)no1. The summed E-state index contributed by atoms with van der Waals surface area (Å²) in [5, 5.41) is 8.08. The van der Waals surface area contributed by atoms with E-state index in [0.717, 1.165) is 17.8 Å². The molecule has 3 heterocycles. The molecule has 0 radical (unpaired) electrons. The van der Waals surface area contributed by atoms with Crippen LogP contribution in [0.1, 0.15) is 25.4 Å². The van der Waals surface area contributed by atoms with E-state index in [1.54, 1.807) is 11.3 Å². The largest absolute Gasteiger partial charge is 0.338 e. The Morgan fingerprint density at radius 3 is 2.82 bits per heavy atom. The molecule has 3 aromatic heterocycles. The van der Waals surface area contributed by atoms with Gasteiger partial charge in [-0.2, -0.15) is 16.3 Å². The van der Waals surface area contributed by atoms with Crippen LogP contribution in [0.3, 0.4) is 0 Å². The molecule has 0 aromatic carbocycles. The highest BCUT2D eigenvalue weighted by molar-refractivity contribution is 7.08. The molecular formula is C16H18N4OS. The number of rotatable bonds is 6. The molecule has 0 aliphatic heterocycles. The minimum atomic E-state index is 0.360. The van der Waals surface area contributed by atoms with E-state index >= 15 is 0 Å². The zero-order valence-electron chi connectivity index (χ0n) is 12.6. The topological polar surface area (TPSA) is 55.1 Å². The third kappa shape index (κ3) is 3.58. The van der Waals surface area contributed by atoms with Crippen LogP contribution in [0.25, 0.3) is 11.4 Å². The highest BCUT2D eigenvalue weighted by Crippen LogP contribution is 2.19. The van der Waals surface area contributed by atoms with E-state index in [1.165, 1.54) is 0 Å². The molecule has 6 heteroatoms. The lowest BCUT2D eigenvalue weighted by atomic mass is 10.2. The molecule has 0 unspecified atom stereocenters. The lowest BCUT2D eigenvalue weighted by molar-refractivity contribution is 0.174. The Kier molecular flexibility index (Phi) is 4.60. The Bertz CT molecular complexity index is 694. The van der Waals surface area contributed by atoms with Crippen molar-refractivity contribution in [1.29, 1.82) is 0 Å². The zero-order valence-corrected chi connectivity index (χ0v) is 13.5. The quantitative estimate of drug-likeness (QED) is 0.696. The third-order valence-corrected chi connectivity index (χ3v) is 4.09. The van der Waals surface area contributed by atoms with Crippen LogP contribution in [-0.2, 0) is 13.1 Å². The van der Waals surface area contributed by atoms with Crippen LogP contribution in [0.2, 0.25) is 0 Å². The Labute approximate surface area is 133 Å². The predicted molar refractivity (Wildman–Crippen MR) is 86.2 cm³/mol. The second kappa shape index (κ2) is 6.81. The minimum absolute atomic E-state index is 0.360. The van der Waals surface area contributed by atoms with Crippen molar-refractivity contribution in [3.8, 4) is 11.4 Å². The highest BCUT2D eigenvalue weighted by Gasteiger charge is 2.16. The lowest BCUT2D eigenvalue weighted by Crippen LogP contribution is -2.30. The second-order valence-electron chi connectivity index (χ2n) is 5.34. The fourth-order valence-electron chi connectivity index (χ4n) is 2.12. The van der Waals surface area contributed by atoms with Gasteiger partial charge in [0.15, 0.2) is 0 Å². The van der Waals surface area contributed by atoms with E-state index in [1.807, 2.05) is 41.2 Å². The van der Waals surface area contributed by atoms with Crippen molar-refractivity contribution in [1.82, 2.24) is 20.0 Å². The van der Waals surface area contributed by atoms with Gasteiger partial charge >= 0.3 is 0 Å². The molecule has 114 valence electrons. The summed E-state index contributed by atoms with van der Waals surface area (Å²) in [5.41, 5.74) is 2.04. The molecule has 22 heavy (non-hydrogen) atoms. The van der Waals surface area contributed by atoms with Gasteiger partial charge in [-0.25, -0.2) is 0 Å². The van der Waals surface area contributed by atoms with E-state index in [9.17, 15) is 0 Å². The Morgan fingerprint density at radius 1 is 1.23 bits per heavy atom. The molecule has 0 aliphatic rings. The maximum Gasteiger partial charge on any atom is 0.241 e. The van der Waals surface area contributed by atoms with Gasteiger partial charge in [0.25, 0.3) is 0 Å². The van der Waals surface area contributed by atoms with Crippen LogP contribution in [0.15, 0.2) is 45.7 Å². The molecule has 3 rings (SSSR count). The predicted octanol–water partition coefficient (Wildman–Crippen LogP) is 3.60. The summed E-state index contributed by atoms with van der Waals surface area (Å²) in [6.07, 6.45) is 1.81. The first-order valence-electron chi connectivity index (χ1n) is 7.21. The first kappa shape index (κ1) is 14.9. The molecule has 0 fully saturated rings. The fraction of sp³-hybridized carbons (Fsp3) is 0.312. The Hall–Kier alpha value is -2.05. The van der Waals surface area contributed by atoms with Crippen LogP contribution in [-0.4, -0.2) is 26.1 Å². The summed E-state index contributed by atoms with van der Waals surface area (Å²) in [5.74, 6) is 1.28. The summed E-state index contributed by atoms with van der Waals surface area (Å²) in [6.45, 7) is 5.68. The van der Waals surface area contributed by atoms with Gasteiger partial charge in [-0.1, -0.05) is 11.2 Å². The first-order valence-corrected chi connectivity index (χ1v) is 8.16. The lowest BCUT2D eigenvalue weighted by Gasteiger charge is -2.24. The number of hydrogen-bond donors (Lipinski definition) is 0. The van der Waals surface area contributed by atoms with Crippen LogP contribution >= 0.6 is 11.3 Å². The molecular weight excluding hydrogens is 296 g/mol. The number of thiophene rings is 1. The maximum atomic E-state index is 5.39. The van der Waals surface area contributed by atoms with Gasteiger partial charge in [0.1, 0.15) is 0 Å². The fourth-order valence-corrected chi connectivity index (χ4v) is 2.76. The zero-order chi connectivity index (χ0) is 15.4. The standard InChI is InChI=1S/C16H18N4OS/c1-12(2)20(9-14-5-3-4-7-17-14)10-15-18-16(19-21-15)13-6-8-22-11-13/h3-8,11-12H,9-10H2,1-2H3. The number of pyridine rings is 1. The van der Waals surface area contributed by atoms with E-state index in [0.29, 0.717) is 24.3 Å². The van der Waals surface area contributed by atoms with E-state index in [-0.39, 0.29) is 0 Å². The Balaban J connectivity index is 1.71. The molecule has 0 saturated carbocycles. The van der Waals surface area contributed by atoms with Crippen LogP contribution in [0.4, 0.5) is 0 Å². The van der Waals surface area contributed by atoms with E-state index in [2.05, 4.69) is 33.9 Å². The van der Waals surface area contributed by atoms with Gasteiger partial charge in [0.2, 0.25) is 11.7 Å². The van der Waals surface area contributed by atoms with Crippen molar-refractivity contribution in [2.75, 3.05) is 0 Å². The highest BCUT2D eigenvalue weighted by atomic mass is 32.1. The molecule has 0 amide bonds. The minimum Gasteiger partial charge on any atom is -0.338 e. The van der Waals surface area contributed by atoms with Crippen molar-refractivity contribution in [2.45, 2.75) is 33.0 Å². The Morgan fingerprint density at radius 2 is 2.14 bits per heavy atom. The number of nitrogens with zero attached hydrogens (tertiary/aromatic N) is 4. The van der Waals surface area contributed by atoms with E-state index in [4.69, 9.17) is 4.52 Å². The molecule has 0 aliphatic carbocycles. The third-order valence-electron chi connectivity index (χ3n) is 3.41. The molecule has 0 spiro atoms. The van der Waals surface area contributed by atoms with Crippen molar-refractivity contribution in [3.05, 3.63) is 52.8 Å². The summed E-state index contributed by atoms with van der Waals surface area (Å²) in [7, 11) is 0. The number of hydrogen-bond acceptors (Lipinski definition) is 6. The van der Waals surface area contributed by atoms with Gasteiger partial charge in [0, 0.05) is 29.7 Å². The van der Waals surface area contributed by atoms with Gasteiger partial charge in [-0.3, -0.25) is 9.88 Å². The van der Waals surface area contributed by atoms with Crippen LogP contribution in [0.5, 0.6) is 0 Å². The molecule has 5 nitrogen and oxygen atoms in total. The van der Waals surface area contributed by atoms with Gasteiger partial charge < -0.3 is 4.52 Å². The molecule has 0 bridgehead atoms. The first-order chi connectivity index (χ1) is 10.7. The molecule has 0 atom stereocenters. The van der Waals surface area contributed by atoms with Gasteiger partial charge in [0.05, 0.1) is 12.2 Å². The summed E-state index contributed by atoms with van der Waals surface area (Å²) >= 11 is 1.62. The molecule has 0 saturated heterocycles.